The molecule has 0 saturated carbocycles. The molecule has 0 bridgehead atoms. The summed E-state index contributed by atoms with van der Waals surface area (Å²) in [7, 11) is 0. The lowest BCUT2D eigenvalue weighted by molar-refractivity contribution is 1.18. The van der Waals surface area contributed by atoms with E-state index in [2.05, 4.69) is 93.8 Å². The Morgan fingerprint density at radius 1 is 0.514 bits per heavy atom. The van der Waals surface area contributed by atoms with Crippen LogP contribution in [0.1, 0.15) is 0 Å². The average molecular weight is 470 g/mol. The topological polar surface area (TPSA) is 38.7 Å². The van der Waals surface area contributed by atoms with Crippen molar-refractivity contribution in [1.29, 1.82) is 0 Å². The zero-order chi connectivity index (χ0) is 23.6. The van der Waals surface area contributed by atoms with Crippen molar-refractivity contribution in [2.24, 2.45) is 0 Å². The van der Waals surface area contributed by atoms with E-state index < -0.39 is 0 Å². The molecule has 0 aliphatic rings. The van der Waals surface area contributed by atoms with Crippen molar-refractivity contribution >= 4 is 22.4 Å². The first kappa shape index (κ1) is 21.2. The molecular formula is C31H20ClN3. The normalized spacial score (nSPS) is 11.0. The summed E-state index contributed by atoms with van der Waals surface area (Å²) in [5, 5.41) is 2.70. The predicted molar refractivity (Wildman–Crippen MR) is 144 cm³/mol. The van der Waals surface area contributed by atoms with Gasteiger partial charge in [0.2, 0.25) is 5.28 Å². The molecule has 0 spiro atoms. The van der Waals surface area contributed by atoms with Gasteiger partial charge in [0, 0.05) is 23.5 Å². The van der Waals surface area contributed by atoms with Gasteiger partial charge in [0.25, 0.3) is 0 Å². The molecule has 0 amide bonds. The van der Waals surface area contributed by atoms with Gasteiger partial charge in [-0.05, 0) is 56.8 Å². The molecule has 2 heterocycles. The van der Waals surface area contributed by atoms with Crippen LogP contribution in [0.4, 0.5) is 0 Å². The highest BCUT2D eigenvalue weighted by molar-refractivity contribution is 6.28. The Hall–Kier alpha value is -4.34. The number of hydrogen-bond acceptors (Lipinski definition) is 3. The van der Waals surface area contributed by atoms with E-state index in [1.165, 1.54) is 16.3 Å². The standard InChI is InChI=1S/C31H20ClN3/c32-31-34-29(24-14-10-21(11-15-24)26-7-4-18-33-20-26)19-30(35-31)25-16-12-23(13-17-25)28-9-3-6-22-5-1-2-8-27(22)28/h1-20H. The maximum absolute atomic E-state index is 6.34. The summed E-state index contributed by atoms with van der Waals surface area (Å²) in [4.78, 5) is 13.2. The van der Waals surface area contributed by atoms with Crippen molar-refractivity contribution in [3.05, 3.63) is 127 Å². The number of halogens is 1. The van der Waals surface area contributed by atoms with Gasteiger partial charge in [-0.1, -0.05) is 97.1 Å². The molecule has 2 aromatic heterocycles. The molecule has 6 rings (SSSR count). The Kier molecular flexibility index (Phi) is 5.53. The maximum Gasteiger partial charge on any atom is 0.223 e. The molecule has 0 aliphatic carbocycles. The van der Waals surface area contributed by atoms with Crippen LogP contribution >= 0.6 is 11.6 Å². The molecule has 35 heavy (non-hydrogen) atoms. The number of nitrogens with zero attached hydrogens (tertiary/aromatic N) is 3. The summed E-state index contributed by atoms with van der Waals surface area (Å²) >= 11 is 6.34. The van der Waals surface area contributed by atoms with E-state index in [0.717, 1.165) is 39.2 Å². The number of aromatic nitrogens is 3. The first-order valence-electron chi connectivity index (χ1n) is 11.4. The first-order valence-corrected chi connectivity index (χ1v) is 11.8. The molecule has 0 unspecified atom stereocenters. The van der Waals surface area contributed by atoms with E-state index in [4.69, 9.17) is 11.6 Å². The van der Waals surface area contributed by atoms with Gasteiger partial charge in [0.1, 0.15) is 0 Å². The molecule has 0 N–H and O–H groups in total. The lowest BCUT2D eigenvalue weighted by Gasteiger charge is -2.09. The van der Waals surface area contributed by atoms with Gasteiger partial charge in [-0.3, -0.25) is 4.98 Å². The van der Waals surface area contributed by atoms with Crippen molar-refractivity contribution in [3.8, 4) is 44.8 Å². The third-order valence-electron chi connectivity index (χ3n) is 6.16. The van der Waals surface area contributed by atoms with Gasteiger partial charge in [-0.2, -0.15) is 0 Å². The van der Waals surface area contributed by atoms with Crippen molar-refractivity contribution < 1.29 is 0 Å². The number of benzene rings is 4. The molecule has 0 atom stereocenters. The van der Waals surface area contributed by atoms with Crippen LogP contribution in [0.5, 0.6) is 0 Å². The average Bonchev–Trinajstić information content (AvgIpc) is 2.93. The van der Waals surface area contributed by atoms with Crippen LogP contribution in [0.25, 0.3) is 55.5 Å². The summed E-state index contributed by atoms with van der Waals surface area (Å²) < 4.78 is 0. The molecule has 3 nitrogen and oxygen atoms in total. The first-order chi connectivity index (χ1) is 17.2. The third-order valence-corrected chi connectivity index (χ3v) is 6.32. The number of pyridine rings is 1. The lowest BCUT2D eigenvalue weighted by Crippen LogP contribution is -1.92. The van der Waals surface area contributed by atoms with Gasteiger partial charge in [0.15, 0.2) is 0 Å². The Morgan fingerprint density at radius 3 is 1.83 bits per heavy atom. The van der Waals surface area contributed by atoms with E-state index in [0.29, 0.717) is 0 Å². The summed E-state index contributed by atoms with van der Waals surface area (Å²) in [5.41, 5.74) is 8.11. The smallest absolute Gasteiger partial charge is 0.223 e. The Labute approximate surface area is 208 Å². The van der Waals surface area contributed by atoms with Gasteiger partial charge >= 0.3 is 0 Å². The SMILES string of the molecule is Clc1nc(-c2ccc(-c3cccnc3)cc2)cc(-c2ccc(-c3cccc4ccccc34)cc2)n1. The molecule has 0 saturated heterocycles. The zero-order valence-electron chi connectivity index (χ0n) is 18.8. The van der Waals surface area contributed by atoms with Crippen LogP contribution in [-0.2, 0) is 0 Å². The second-order valence-electron chi connectivity index (χ2n) is 8.33. The molecule has 6 aromatic rings. The van der Waals surface area contributed by atoms with E-state index in [-0.39, 0.29) is 5.28 Å². The largest absolute Gasteiger partial charge is 0.264 e. The highest BCUT2D eigenvalue weighted by Gasteiger charge is 2.10. The van der Waals surface area contributed by atoms with Crippen molar-refractivity contribution in [2.75, 3.05) is 0 Å². The molecule has 4 heteroatoms. The highest BCUT2D eigenvalue weighted by Crippen LogP contribution is 2.32. The van der Waals surface area contributed by atoms with Crippen molar-refractivity contribution in [3.63, 3.8) is 0 Å². The Balaban J connectivity index is 1.33. The lowest BCUT2D eigenvalue weighted by atomic mass is 9.97. The second kappa shape index (κ2) is 9.13. The molecule has 166 valence electrons. The third kappa shape index (κ3) is 4.30. The van der Waals surface area contributed by atoms with Crippen molar-refractivity contribution in [1.82, 2.24) is 15.0 Å². The summed E-state index contributed by atoms with van der Waals surface area (Å²) in [5.74, 6) is 0. The predicted octanol–water partition coefficient (Wildman–Crippen LogP) is 8.35. The van der Waals surface area contributed by atoms with E-state index >= 15 is 0 Å². The van der Waals surface area contributed by atoms with Crippen LogP contribution in [0.3, 0.4) is 0 Å². The summed E-state index contributed by atoms with van der Waals surface area (Å²) in [6.07, 6.45) is 3.63. The number of hydrogen-bond donors (Lipinski definition) is 0. The molecule has 4 aromatic carbocycles. The van der Waals surface area contributed by atoms with Crippen molar-refractivity contribution in [2.45, 2.75) is 0 Å². The fraction of sp³-hybridized carbons (Fsp3) is 0. The zero-order valence-corrected chi connectivity index (χ0v) is 19.5. The Bertz CT molecular complexity index is 1620. The van der Waals surface area contributed by atoms with E-state index in [1.807, 2.05) is 36.5 Å². The minimum Gasteiger partial charge on any atom is -0.264 e. The summed E-state index contributed by atoms with van der Waals surface area (Å²) in [6, 6.07) is 37.5. The van der Waals surface area contributed by atoms with Crippen LogP contribution in [0.15, 0.2) is 122 Å². The Morgan fingerprint density at radius 2 is 1.14 bits per heavy atom. The minimum absolute atomic E-state index is 0.229. The van der Waals surface area contributed by atoms with Gasteiger partial charge in [-0.25, -0.2) is 9.97 Å². The molecular weight excluding hydrogens is 450 g/mol. The maximum atomic E-state index is 6.34. The fourth-order valence-electron chi connectivity index (χ4n) is 4.38. The highest BCUT2D eigenvalue weighted by atomic mass is 35.5. The number of fused-ring (bicyclic) bond motifs is 1. The van der Waals surface area contributed by atoms with Gasteiger partial charge < -0.3 is 0 Å². The number of rotatable bonds is 4. The van der Waals surface area contributed by atoms with Crippen LogP contribution in [0.2, 0.25) is 5.28 Å². The second-order valence-corrected chi connectivity index (χ2v) is 8.67. The molecule has 0 radical (unpaired) electrons. The van der Waals surface area contributed by atoms with Crippen LogP contribution in [0, 0.1) is 0 Å². The molecule has 0 fully saturated rings. The fourth-order valence-corrected chi connectivity index (χ4v) is 4.56. The van der Waals surface area contributed by atoms with Crippen LogP contribution < -0.4 is 0 Å². The van der Waals surface area contributed by atoms with Gasteiger partial charge in [0.05, 0.1) is 11.4 Å². The molecule has 0 aliphatic heterocycles. The monoisotopic (exact) mass is 469 g/mol. The van der Waals surface area contributed by atoms with Crippen LogP contribution in [-0.4, -0.2) is 15.0 Å². The van der Waals surface area contributed by atoms with E-state index in [1.54, 1.807) is 6.20 Å². The van der Waals surface area contributed by atoms with E-state index in [9.17, 15) is 0 Å². The quantitative estimate of drug-likeness (QED) is 0.243. The minimum atomic E-state index is 0.229. The van der Waals surface area contributed by atoms with Gasteiger partial charge in [-0.15, -0.1) is 0 Å². The summed E-state index contributed by atoms with van der Waals surface area (Å²) in [6.45, 7) is 0.